The molecule has 8 nitrogen and oxygen atoms in total. The number of rotatable bonds is 6. The smallest absolute Gasteiger partial charge is 0.240 e. The number of amides is 1. The second kappa shape index (κ2) is 7.96. The van der Waals surface area contributed by atoms with Gasteiger partial charge in [-0.15, -0.1) is 0 Å². The molecular weight excluding hydrogens is 388 g/mol. The molecule has 1 fully saturated rings. The van der Waals surface area contributed by atoms with Gasteiger partial charge in [0.25, 0.3) is 0 Å². The minimum Gasteiger partial charge on any atom is -0.368 e. The second-order valence-electron chi connectivity index (χ2n) is 6.78. The number of anilines is 3. The molecule has 0 unspecified atom stereocenters. The van der Waals surface area contributed by atoms with Crippen molar-refractivity contribution in [2.24, 2.45) is 5.73 Å². The molecule has 3 N–H and O–H groups in total. The molecule has 0 radical (unpaired) electrons. The van der Waals surface area contributed by atoms with Crippen LogP contribution in [-0.4, -0.2) is 39.2 Å². The SMILES string of the molecule is CC(=O)c1ccnc(Nc2cccc(-c3cnc(N4CCC[C@H]4C(N)=O)s3)n2)c1. The molecule has 1 saturated heterocycles. The highest BCUT2D eigenvalue weighted by atomic mass is 32.1. The number of thiazole rings is 1. The van der Waals surface area contributed by atoms with Crippen molar-refractivity contribution in [3.63, 3.8) is 0 Å². The van der Waals surface area contributed by atoms with E-state index in [1.807, 2.05) is 23.1 Å². The Kier molecular flexibility index (Phi) is 5.22. The van der Waals surface area contributed by atoms with Gasteiger partial charge in [0, 0.05) is 24.5 Å². The van der Waals surface area contributed by atoms with Crippen molar-refractivity contribution < 1.29 is 9.59 Å². The van der Waals surface area contributed by atoms with Crippen LogP contribution in [0.3, 0.4) is 0 Å². The number of aromatic nitrogens is 3. The van der Waals surface area contributed by atoms with E-state index < -0.39 is 0 Å². The van der Waals surface area contributed by atoms with Crippen molar-refractivity contribution in [3.8, 4) is 10.6 Å². The molecule has 1 aliphatic rings. The number of nitrogens with zero attached hydrogens (tertiary/aromatic N) is 4. The van der Waals surface area contributed by atoms with Gasteiger partial charge in [0.15, 0.2) is 10.9 Å². The van der Waals surface area contributed by atoms with Crippen LogP contribution in [0.1, 0.15) is 30.1 Å². The first kappa shape index (κ1) is 19.0. The van der Waals surface area contributed by atoms with E-state index in [0.717, 1.165) is 35.1 Å². The van der Waals surface area contributed by atoms with E-state index in [4.69, 9.17) is 5.73 Å². The number of carbonyl (C=O) groups excluding carboxylic acids is 2. The number of primary amides is 1. The zero-order valence-corrected chi connectivity index (χ0v) is 16.6. The number of nitrogens with two attached hydrogens (primary N) is 1. The number of nitrogens with one attached hydrogen (secondary N) is 1. The maximum Gasteiger partial charge on any atom is 0.240 e. The fourth-order valence-corrected chi connectivity index (χ4v) is 4.26. The van der Waals surface area contributed by atoms with Gasteiger partial charge >= 0.3 is 0 Å². The van der Waals surface area contributed by atoms with Gasteiger partial charge < -0.3 is 16.0 Å². The first-order valence-electron chi connectivity index (χ1n) is 9.24. The Morgan fingerprint density at radius 2 is 2.10 bits per heavy atom. The van der Waals surface area contributed by atoms with Crippen molar-refractivity contribution in [2.75, 3.05) is 16.8 Å². The van der Waals surface area contributed by atoms with E-state index in [9.17, 15) is 9.59 Å². The molecule has 1 atom stereocenters. The highest BCUT2D eigenvalue weighted by Crippen LogP contribution is 2.34. The van der Waals surface area contributed by atoms with E-state index in [1.165, 1.54) is 18.3 Å². The predicted molar refractivity (Wildman–Crippen MR) is 112 cm³/mol. The van der Waals surface area contributed by atoms with Crippen LogP contribution in [0, 0.1) is 0 Å². The molecule has 3 aromatic heterocycles. The van der Waals surface area contributed by atoms with Crippen LogP contribution in [0.15, 0.2) is 42.7 Å². The zero-order valence-electron chi connectivity index (χ0n) is 15.8. The van der Waals surface area contributed by atoms with Crippen molar-refractivity contribution in [1.82, 2.24) is 15.0 Å². The van der Waals surface area contributed by atoms with Crippen LogP contribution in [0.2, 0.25) is 0 Å². The summed E-state index contributed by atoms with van der Waals surface area (Å²) in [5.74, 6) is 0.824. The van der Waals surface area contributed by atoms with Crippen LogP contribution >= 0.6 is 11.3 Å². The number of Topliss-reactive ketones (excluding diaryl/α,β-unsaturated/α-hetero) is 1. The van der Waals surface area contributed by atoms with Gasteiger partial charge in [0.1, 0.15) is 17.7 Å². The molecule has 0 aliphatic carbocycles. The van der Waals surface area contributed by atoms with Gasteiger partial charge in [-0.3, -0.25) is 9.59 Å². The minimum absolute atomic E-state index is 0.0227. The number of ketones is 1. The van der Waals surface area contributed by atoms with Crippen LogP contribution in [0.5, 0.6) is 0 Å². The average Bonchev–Trinajstić information content (AvgIpc) is 3.38. The lowest BCUT2D eigenvalue weighted by Gasteiger charge is -2.20. The Bertz CT molecular complexity index is 1070. The third kappa shape index (κ3) is 4.09. The predicted octanol–water partition coefficient (Wildman–Crippen LogP) is 3.00. The summed E-state index contributed by atoms with van der Waals surface area (Å²) in [4.78, 5) is 39.4. The minimum atomic E-state index is -0.316. The number of hydrogen-bond donors (Lipinski definition) is 2. The van der Waals surface area contributed by atoms with E-state index in [2.05, 4.69) is 20.3 Å². The molecule has 9 heteroatoms. The highest BCUT2D eigenvalue weighted by Gasteiger charge is 2.31. The molecule has 4 rings (SSSR count). The molecule has 0 spiro atoms. The molecule has 1 amide bonds. The third-order valence-corrected chi connectivity index (χ3v) is 5.80. The van der Waals surface area contributed by atoms with Crippen molar-refractivity contribution in [3.05, 3.63) is 48.3 Å². The van der Waals surface area contributed by atoms with Crippen molar-refractivity contribution in [2.45, 2.75) is 25.8 Å². The number of carbonyl (C=O) groups is 2. The van der Waals surface area contributed by atoms with E-state index >= 15 is 0 Å². The maximum absolute atomic E-state index is 11.7. The Hall–Kier alpha value is -3.33. The van der Waals surface area contributed by atoms with Gasteiger partial charge in [0.2, 0.25) is 5.91 Å². The summed E-state index contributed by atoms with van der Waals surface area (Å²) in [6, 6.07) is 8.69. The molecule has 0 bridgehead atoms. The fraction of sp³-hybridized carbons (Fsp3) is 0.250. The van der Waals surface area contributed by atoms with Crippen molar-refractivity contribution in [1.29, 1.82) is 0 Å². The molecule has 1 aliphatic heterocycles. The van der Waals surface area contributed by atoms with E-state index in [-0.39, 0.29) is 17.7 Å². The molecule has 0 aromatic carbocycles. The summed E-state index contributed by atoms with van der Waals surface area (Å²) in [6.07, 6.45) is 5.03. The lowest BCUT2D eigenvalue weighted by Crippen LogP contribution is -2.40. The number of hydrogen-bond acceptors (Lipinski definition) is 8. The van der Waals surface area contributed by atoms with Gasteiger partial charge in [-0.2, -0.15) is 0 Å². The van der Waals surface area contributed by atoms with E-state index in [0.29, 0.717) is 17.2 Å². The summed E-state index contributed by atoms with van der Waals surface area (Å²) in [7, 11) is 0. The summed E-state index contributed by atoms with van der Waals surface area (Å²) < 4.78 is 0. The lowest BCUT2D eigenvalue weighted by atomic mass is 10.2. The van der Waals surface area contributed by atoms with Crippen molar-refractivity contribution >= 4 is 39.8 Å². The fourth-order valence-electron chi connectivity index (χ4n) is 3.30. The Morgan fingerprint density at radius 3 is 2.90 bits per heavy atom. The average molecular weight is 408 g/mol. The third-order valence-electron chi connectivity index (χ3n) is 4.74. The van der Waals surface area contributed by atoms with Gasteiger partial charge in [0.05, 0.1) is 10.6 Å². The summed E-state index contributed by atoms with van der Waals surface area (Å²) in [5, 5.41) is 3.91. The molecule has 4 heterocycles. The number of pyridine rings is 2. The quantitative estimate of drug-likeness (QED) is 0.603. The summed E-state index contributed by atoms with van der Waals surface area (Å²) in [5.41, 5.74) is 6.86. The van der Waals surface area contributed by atoms with E-state index in [1.54, 1.807) is 24.5 Å². The van der Waals surface area contributed by atoms with Crippen LogP contribution in [0.4, 0.5) is 16.8 Å². The summed E-state index contributed by atoms with van der Waals surface area (Å²) >= 11 is 1.48. The standard InChI is InChI=1S/C20H20N6O2S/c1-12(27)13-7-8-22-18(10-13)25-17-6-2-4-14(24-17)16-11-23-20(29-16)26-9-3-5-15(26)19(21)28/h2,4,6-8,10-11,15H,3,5,9H2,1H3,(H2,21,28)(H,22,24,25)/t15-/m0/s1. The normalized spacial score (nSPS) is 16.0. The zero-order chi connectivity index (χ0) is 20.4. The second-order valence-corrected chi connectivity index (χ2v) is 7.79. The Labute approximate surface area is 171 Å². The van der Waals surface area contributed by atoms with Gasteiger partial charge in [-0.1, -0.05) is 17.4 Å². The molecule has 148 valence electrons. The Balaban J connectivity index is 1.55. The van der Waals surface area contributed by atoms with Gasteiger partial charge in [-0.05, 0) is 44.0 Å². The highest BCUT2D eigenvalue weighted by molar-refractivity contribution is 7.18. The van der Waals surface area contributed by atoms with Crippen LogP contribution < -0.4 is 16.0 Å². The van der Waals surface area contributed by atoms with Crippen LogP contribution in [0.25, 0.3) is 10.6 Å². The van der Waals surface area contributed by atoms with Gasteiger partial charge in [-0.25, -0.2) is 15.0 Å². The summed E-state index contributed by atoms with van der Waals surface area (Å²) in [6.45, 7) is 2.29. The molecular formula is C20H20N6O2S. The maximum atomic E-state index is 11.7. The van der Waals surface area contributed by atoms with Crippen LogP contribution in [-0.2, 0) is 4.79 Å². The monoisotopic (exact) mass is 408 g/mol. The molecule has 3 aromatic rings. The molecule has 29 heavy (non-hydrogen) atoms. The first-order valence-corrected chi connectivity index (χ1v) is 10.1. The lowest BCUT2D eigenvalue weighted by molar-refractivity contribution is -0.119. The largest absolute Gasteiger partial charge is 0.368 e. The Morgan fingerprint density at radius 1 is 1.24 bits per heavy atom. The topological polar surface area (TPSA) is 114 Å². The first-order chi connectivity index (χ1) is 14.0. The molecule has 0 saturated carbocycles.